The molecule has 5 nitrogen and oxygen atoms in total. The Balaban J connectivity index is 3.40. The maximum atomic E-state index is 12.3. The van der Waals surface area contributed by atoms with Gasteiger partial charge in [0.05, 0.1) is 23.1 Å². The first-order chi connectivity index (χ1) is 7.47. The van der Waals surface area contributed by atoms with Crippen LogP contribution >= 0.6 is 11.6 Å². The van der Waals surface area contributed by atoms with E-state index in [0.717, 1.165) is 6.07 Å². The highest BCUT2D eigenvalue weighted by atomic mass is 35.5. The number of aromatic nitrogens is 1. The molecule has 16 heavy (non-hydrogen) atoms. The number of nitro groups is 1. The summed E-state index contributed by atoms with van der Waals surface area (Å²) in [5.74, 6) is -0.802. The molecule has 0 bridgehead atoms. The van der Waals surface area contributed by atoms with Gasteiger partial charge in [-0.25, -0.2) is 8.78 Å². The quantitative estimate of drug-likeness (QED) is 0.607. The van der Waals surface area contributed by atoms with Gasteiger partial charge in [-0.05, 0) is 9.91 Å². The fraction of sp³-hybridized carbons (Fsp3) is 0.250. The van der Waals surface area contributed by atoms with Crippen molar-refractivity contribution in [2.75, 3.05) is 0 Å². The molecule has 8 heteroatoms. The summed E-state index contributed by atoms with van der Waals surface area (Å²) in [4.78, 5) is 12.8. The van der Waals surface area contributed by atoms with E-state index in [0.29, 0.717) is 0 Å². The van der Waals surface area contributed by atoms with Crippen LogP contribution in [0.3, 0.4) is 0 Å². The zero-order valence-electron chi connectivity index (χ0n) is 7.65. The highest BCUT2D eigenvalue weighted by Gasteiger charge is 2.25. The molecule has 0 amide bonds. The molecule has 0 aromatic carbocycles. The zero-order valence-corrected chi connectivity index (χ0v) is 8.41. The second-order valence-electron chi connectivity index (χ2n) is 2.72. The Bertz CT molecular complexity index is 473. The lowest BCUT2D eigenvalue weighted by Crippen LogP contribution is -2.02. The van der Waals surface area contributed by atoms with E-state index in [2.05, 4.69) is 4.98 Å². The van der Waals surface area contributed by atoms with E-state index in [1.165, 1.54) is 0 Å². The van der Waals surface area contributed by atoms with Crippen molar-refractivity contribution in [3.05, 3.63) is 32.5 Å². The molecule has 1 rings (SSSR count). The summed E-state index contributed by atoms with van der Waals surface area (Å²) in [7, 11) is 0. The lowest BCUT2D eigenvalue weighted by Gasteiger charge is -2.02. The number of alkyl halides is 2. The van der Waals surface area contributed by atoms with Crippen LogP contribution in [0.25, 0.3) is 0 Å². The molecule has 0 aliphatic rings. The van der Waals surface area contributed by atoms with Crippen molar-refractivity contribution >= 4 is 17.4 Å². The Labute approximate surface area is 93.4 Å². The number of hydrogen-bond donors (Lipinski definition) is 0. The molecule has 0 atom stereocenters. The summed E-state index contributed by atoms with van der Waals surface area (Å²) in [6.45, 7) is 0. The van der Waals surface area contributed by atoms with Gasteiger partial charge in [0.1, 0.15) is 0 Å². The highest BCUT2D eigenvalue weighted by molar-refractivity contribution is 6.31. The van der Waals surface area contributed by atoms with Crippen LogP contribution < -0.4 is 0 Å². The Kier molecular flexibility index (Phi) is 3.68. The fourth-order valence-corrected chi connectivity index (χ4v) is 1.31. The van der Waals surface area contributed by atoms with Gasteiger partial charge >= 0.3 is 12.2 Å². The van der Waals surface area contributed by atoms with Gasteiger partial charge in [-0.2, -0.15) is 5.26 Å². The van der Waals surface area contributed by atoms with E-state index in [1.807, 2.05) is 0 Å². The average molecular weight is 248 g/mol. The molecule has 0 unspecified atom stereocenters. The van der Waals surface area contributed by atoms with Crippen LogP contribution in [0.15, 0.2) is 6.07 Å². The van der Waals surface area contributed by atoms with Gasteiger partial charge in [0.15, 0.2) is 0 Å². The number of hydrogen-bond acceptors (Lipinski definition) is 4. The minimum absolute atomic E-state index is 0.154. The molecular formula is C8H4ClF2N3O2. The Morgan fingerprint density at radius 3 is 2.75 bits per heavy atom. The number of rotatable bonds is 3. The van der Waals surface area contributed by atoms with Crippen LogP contribution in [0.2, 0.25) is 5.02 Å². The summed E-state index contributed by atoms with van der Waals surface area (Å²) in [5.41, 5.74) is -0.933. The SMILES string of the molecule is N#CCc1c(Cl)cc(C(F)F)nc1[N+](=O)[O-]. The van der Waals surface area contributed by atoms with Crippen LogP contribution in [0.5, 0.6) is 0 Å². The average Bonchev–Trinajstić information content (AvgIpc) is 2.20. The number of halogens is 3. The molecule has 84 valence electrons. The van der Waals surface area contributed by atoms with Crippen molar-refractivity contribution in [2.24, 2.45) is 0 Å². The molecule has 0 radical (unpaired) electrons. The van der Waals surface area contributed by atoms with E-state index in [-0.39, 0.29) is 17.0 Å². The van der Waals surface area contributed by atoms with Crippen LogP contribution in [-0.4, -0.2) is 9.91 Å². The van der Waals surface area contributed by atoms with Gasteiger partial charge in [-0.1, -0.05) is 11.6 Å². The molecule has 0 saturated carbocycles. The summed E-state index contributed by atoms with van der Waals surface area (Å²) in [6, 6.07) is 2.48. The summed E-state index contributed by atoms with van der Waals surface area (Å²) in [6.07, 6.45) is -3.31. The van der Waals surface area contributed by atoms with Crippen LogP contribution in [0, 0.1) is 21.4 Å². The molecule has 1 heterocycles. The minimum Gasteiger partial charge on any atom is -0.358 e. The van der Waals surface area contributed by atoms with Gasteiger partial charge < -0.3 is 10.1 Å². The van der Waals surface area contributed by atoms with Crippen molar-refractivity contribution in [3.63, 3.8) is 0 Å². The summed E-state index contributed by atoms with van der Waals surface area (Å²) < 4.78 is 24.6. The van der Waals surface area contributed by atoms with E-state index in [9.17, 15) is 18.9 Å². The van der Waals surface area contributed by atoms with Crippen molar-refractivity contribution in [1.82, 2.24) is 4.98 Å². The largest absolute Gasteiger partial charge is 0.369 e. The normalized spacial score (nSPS) is 10.2. The second-order valence-corrected chi connectivity index (χ2v) is 3.13. The van der Waals surface area contributed by atoms with Crippen molar-refractivity contribution < 1.29 is 13.7 Å². The zero-order chi connectivity index (χ0) is 12.3. The minimum atomic E-state index is -2.95. The van der Waals surface area contributed by atoms with Crippen molar-refractivity contribution in [2.45, 2.75) is 12.8 Å². The summed E-state index contributed by atoms with van der Waals surface area (Å²) in [5, 5.41) is 18.7. The third kappa shape index (κ3) is 2.41. The molecular weight excluding hydrogens is 244 g/mol. The third-order valence-corrected chi connectivity index (χ3v) is 2.06. The van der Waals surface area contributed by atoms with Gasteiger partial charge in [0, 0.05) is 6.07 Å². The van der Waals surface area contributed by atoms with E-state index in [1.54, 1.807) is 6.07 Å². The third-order valence-electron chi connectivity index (χ3n) is 1.72. The standard InChI is InChI=1S/C8H4ClF2N3O2/c9-5-3-6(7(10)11)13-8(14(15)16)4(5)1-2-12/h3,7H,1H2. The van der Waals surface area contributed by atoms with Crippen molar-refractivity contribution in [1.29, 1.82) is 5.26 Å². The second kappa shape index (κ2) is 4.81. The number of nitrogens with zero attached hydrogens (tertiary/aromatic N) is 3. The predicted octanol–water partition coefficient (Wildman–Crippen LogP) is 2.65. The Morgan fingerprint density at radius 1 is 1.69 bits per heavy atom. The van der Waals surface area contributed by atoms with E-state index >= 15 is 0 Å². The Hall–Kier alpha value is -1.81. The van der Waals surface area contributed by atoms with Crippen molar-refractivity contribution in [3.8, 4) is 6.07 Å². The fourth-order valence-electron chi connectivity index (χ4n) is 1.05. The van der Waals surface area contributed by atoms with Gasteiger partial charge in [0.25, 0.3) is 0 Å². The highest BCUT2D eigenvalue weighted by Crippen LogP contribution is 2.29. The molecule has 0 aliphatic carbocycles. The predicted molar refractivity (Wildman–Crippen MR) is 50.2 cm³/mol. The molecule has 0 fully saturated rings. The molecule has 1 aromatic heterocycles. The maximum Gasteiger partial charge on any atom is 0.369 e. The molecule has 1 aromatic rings. The first-order valence-corrected chi connectivity index (χ1v) is 4.34. The molecule has 0 N–H and O–H groups in total. The van der Waals surface area contributed by atoms with Crippen LogP contribution in [0.4, 0.5) is 14.6 Å². The number of pyridine rings is 1. The smallest absolute Gasteiger partial charge is 0.358 e. The van der Waals surface area contributed by atoms with Gasteiger partial charge in [0.2, 0.25) is 5.69 Å². The van der Waals surface area contributed by atoms with E-state index < -0.39 is 22.9 Å². The van der Waals surface area contributed by atoms with E-state index in [4.69, 9.17) is 16.9 Å². The van der Waals surface area contributed by atoms with Gasteiger partial charge in [-0.15, -0.1) is 0 Å². The van der Waals surface area contributed by atoms with Gasteiger partial charge in [-0.3, -0.25) is 0 Å². The monoisotopic (exact) mass is 247 g/mol. The molecule has 0 spiro atoms. The first kappa shape index (κ1) is 12.3. The molecule has 0 aliphatic heterocycles. The molecule has 0 saturated heterocycles. The van der Waals surface area contributed by atoms with Crippen LogP contribution in [-0.2, 0) is 6.42 Å². The summed E-state index contributed by atoms with van der Waals surface area (Å²) >= 11 is 5.57. The Morgan fingerprint density at radius 2 is 2.31 bits per heavy atom. The topological polar surface area (TPSA) is 79.8 Å². The number of nitriles is 1. The lowest BCUT2D eigenvalue weighted by atomic mass is 10.2. The first-order valence-electron chi connectivity index (χ1n) is 3.96. The lowest BCUT2D eigenvalue weighted by molar-refractivity contribution is -0.390. The van der Waals surface area contributed by atoms with Crippen LogP contribution in [0.1, 0.15) is 17.7 Å². The maximum absolute atomic E-state index is 12.3.